The molecule has 0 bridgehead atoms. The molecule has 0 aliphatic carbocycles. The summed E-state index contributed by atoms with van der Waals surface area (Å²) in [6.07, 6.45) is -3.68. The molecule has 1 saturated heterocycles. The number of aliphatic hydroxyl groups is 1. The molecule has 1 unspecified atom stereocenters. The molecule has 0 saturated carbocycles. The minimum Gasteiger partial charge on any atom is -0.396 e. The van der Waals surface area contributed by atoms with Gasteiger partial charge in [0.15, 0.2) is 0 Å². The van der Waals surface area contributed by atoms with Crippen molar-refractivity contribution in [1.82, 2.24) is 9.97 Å². The number of carbonyl (C=O) groups is 1. The summed E-state index contributed by atoms with van der Waals surface area (Å²) < 4.78 is 37.4. The molecule has 1 aliphatic heterocycles. The van der Waals surface area contributed by atoms with E-state index in [0.717, 1.165) is 17.3 Å². The van der Waals surface area contributed by atoms with Gasteiger partial charge in [0, 0.05) is 31.6 Å². The molecule has 0 spiro atoms. The first-order valence-electron chi connectivity index (χ1n) is 5.22. The van der Waals surface area contributed by atoms with Crippen LogP contribution in [0.1, 0.15) is 12.1 Å². The van der Waals surface area contributed by atoms with Crippen LogP contribution in [0, 0.1) is 5.92 Å². The first-order chi connectivity index (χ1) is 8.41. The topological polar surface area (TPSA) is 66.3 Å². The van der Waals surface area contributed by atoms with Gasteiger partial charge in [0.1, 0.15) is 17.8 Å². The van der Waals surface area contributed by atoms with Crippen molar-refractivity contribution in [3.63, 3.8) is 0 Å². The second-order valence-corrected chi connectivity index (χ2v) is 4.02. The minimum atomic E-state index is -4.57. The number of carbonyl (C=O) groups excluding carboxylic acids is 1. The Morgan fingerprint density at radius 3 is 2.72 bits per heavy atom. The fraction of sp³-hybridized carbons (Fsp3) is 0.500. The lowest BCUT2D eigenvalue weighted by Crippen LogP contribution is -2.26. The molecule has 5 nitrogen and oxygen atoms in total. The highest BCUT2D eigenvalue weighted by Crippen LogP contribution is 2.30. The van der Waals surface area contributed by atoms with Crippen LogP contribution in [0.25, 0.3) is 0 Å². The molecule has 0 radical (unpaired) electrons. The summed E-state index contributed by atoms with van der Waals surface area (Å²) in [5.74, 6) is -0.694. The second-order valence-electron chi connectivity index (χ2n) is 4.02. The van der Waals surface area contributed by atoms with Gasteiger partial charge in [0.25, 0.3) is 0 Å². The van der Waals surface area contributed by atoms with Gasteiger partial charge in [-0.05, 0) is 0 Å². The Morgan fingerprint density at radius 1 is 1.44 bits per heavy atom. The highest BCUT2D eigenvalue weighted by atomic mass is 19.4. The molecular formula is C10H10F3N3O2. The van der Waals surface area contributed by atoms with Crippen molar-refractivity contribution in [2.45, 2.75) is 12.6 Å². The zero-order valence-electron chi connectivity index (χ0n) is 9.18. The Kier molecular flexibility index (Phi) is 3.20. The van der Waals surface area contributed by atoms with Gasteiger partial charge in [0.2, 0.25) is 5.91 Å². The van der Waals surface area contributed by atoms with Gasteiger partial charge >= 0.3 is 6.18 Å². The van der Waals surface area contributed by atoms with E-state index in [4.69, 9.17) is 5.11 Å². The third-order valence-electron chi connectivity index (χ3n) is 2.68. The maximum Gasteiger partial charge on any atom is 0.433 e. The molecule has 1 fully saturated rings. The highest BCUT2D eigenvalue weighted by Gasteiger charge is 2.35. The first-order valence-corrected chi connectivity index (χ1v) is 5.22. The van der Waals surface area contributed by atoms with E-state index < -0.39 is 11.9 Å². The van der Waals surface area contributed by atoms with Crippen LogP contribution in [-0.2, 0) is 11.0 Å². The van der Waals surface area contributed by atoms with Gasteiger partial charge in [-0.15, -0.1) is 0 Å². The summed E-state index contributed by atoms with van der Waals surface area (Å²) in [7, 11) is 0. The number of hydrogen-bond donors (Lipinski definition) is 1. The van der Waals surface area contributed by atoms with Crippen molar-refractivity contribution in [2.75, 3.05) is 18.1 Å². The van der Waals surface area contributed by atoms with Gasteiger partial charge in [-0.1, -0.05) is 0 Å². The molecule has 8 heteroatoms. The Labute approximate surface area is 100 Å². The summed E-state index contributed by atoms with van der Waals surface area (Å²) in [6, 6.07) is 0.734. The largest absolute Gasteiger partial charge is 0.433 e. The number of alkyl halides is 3. The zero-order chi connectivity index (χ0) is 13.3. The van der Waals surface area contributed by atoms with E-state index in [0.29, 0.717) is 0 Å². The second kappa shape index (κ2) is 4.52. The SMILES string of the molecule is O=C1CC(CO)CN1c1cc(C(F)(F)F)ncn1. The summed E-state index contributed by atoms with van der Waals surface area (Å²) >= 11 is 0. The van der Waals surface area contributed by atoms with Crippen LogP contribution in [0.4, 0.5) is 19.0 Å². The quantitative estimate of drug-likeness (QED) is 0.856. The van der Waals surface area contributed by atoms with Gasteiger partial charge in [-0.2, -0.15) is 13.2 Å². The number of hydrogen-bond acceptors (Lipinski definition) is 4. The fourth-order valence-corrected chi connectivity index (χ4v) is 1.77. The third-order valence-corrected chi connectivity index (χ3v) is 2.68. The molecule has 1 amide bonds. The lowest BCUT2D eigenvalue weighted by atomic mass is 10.1. The highest BCUT2D eigenvalue weighted by molar-refractivity contribution is 5.94. The van der Waals surface area contributed by atoms with E-state index >= 15 is 0 Å². The normalized spacial score (nSPS) is 20.6. The van der Waals surface area contributed by atoms with Crippen LogP contribution in [0.2, 0.25) is 0 Å². The predicted molar refractivity (Wildman–Crippen MR) is 54.6 cm³/mol. The smallest absolute Gasteiger partial charge is 0.396 e. The molecular weight excluding hydrogens is 251 g/mol. The van der Waals surface area contributed by atoms with Gasteiger partial charge < -0.3 is 5.11 Å². The van der Waals surface area contributed by atoms with E-state index in [-0.39, 0.29) is 37.2 Å². The molecule has 2 rings (SSSR count). The van der Waals surface area contributed by atoms with Crippen molar-refractivity contribution in [2.24, 2.45) is 5.92 Å². The van der Waals surface area contributed by atoms with Gasteiger partial charge in [-0.3, -0.25) is 9.69 Å². The van der Waals surface area contributed by atoms with Crippen molar-refractivity contribution < 1.29 is 23.1 Å². The molecule has 0 aromatic carbocycles. The minimum absolute atomic E-state index is 0.0849. The lowest BCUT2D eigenvalue weighted by molar-refractivity contribution is -0.141. The van der Waals surface area contributed by atoms with E-state index in [9.17, 15) is 18.0 Å². The molecule has 1 aliphatic rings. The molecule has 1 N–H and O–H groups in total. The molecule has 98 valence electrons. The van der Waals surface area contributed by atoms with Gasteiger partial charge in [-0.25, -0.2) is 9.97 Å². The predicted octanol–water partition coefficient (Wildman–Crippen LogP) is 0.841. The van der Waals surface area contributed by atoms with Crippen molar-refractivity contribution in [3.05, 3.63) is 18.1 Å². The Balaban J connectivity index is 2.27. The van der Waals surface area contributed by atoms with E-state index in [1.165, 1.54) is 0 Å². The Bertz CT molecular complexity index is 464. The van der Waals surface area contributed by atoms with Crippen LogP contribution in [0.15, 0.2) is 12.4 Å². The van der Waals surface area contributed by atoms with Crippen molar-refractivity contribution in [1.29, 1.82) is 0 Å². The summed E-state index contributed by atoms with van der Waals surface area (Å²) in [5, 5.41) is 8.94. The van der Waals surface area contributed by atoms with Crippen molar-refractivity contribution in [3.8, 4) is 0 Å². The molecule has 1 aromatic heterocycles. The number of rotatable bonds is 2. The van der Waals surface area contributed by atoms with Crippen LogP contribution in [0.3, 0.4) is 0 Å². The van der Waals surface area contributed by atoms with Crippen LogP contribution in [0.5, 0.6) is 0 Å². The van der Waals surface area contributed by atoms with Crippen LogP contribution >= 0.6 is 0 Å². The number of aromatic nitrogens is 2. The fourth-order valence-electron chi connectivity index (χ4n) is 1.77. The van der Waals surface area contributed by atoms with Crippen LogP contribution in [-0.4, -0.2) is 34.1 Å². The number of halogens is 3. The summed E-state index contributed by atoms with van der Waals surface area (Å²) in [6.45, 7) is -0.0108. The third kappa shape index (κ3) is 2.42. The lowest BCUT2D eigenvalue weighted by Gasteiger charge is -2.16. The van der Waals surface area contributed by atoms with Crippen LogP contribution < -0.4 is 4.90 Å². The number of amides is 1. The molecule has 18 heavy (non-hydrogen) atoms. The Hall–Kier alpha value is -1.70. The summed E-state index contributed by atoms with van der Waals surface area (Å²) in [5.41, 5.74) is -1.09. The maximum absolute atomic E-state index is 12.5. The van der Waals surface area contributed by atoms with Gasteiger partial charge in [0.05, 0.1) is 0 Å². The first kappa shape index (κ1) is 12.7. The average molecular weight is 261 g/mol. The molecule has 1 aromatic rings. The Morgan fingerprint density at radius 2 is 2.17 bits per heavy atom. The molecule has 1 atom stereocenters. The number of aliphatic hydroxyl groups excluding tert-OH is 1. The zero-order valence-corrected chi connectivity index (χ0v) is 9.18. The summed E-state index contributed by atoms with van der Waals surface area (Å²) in [4.78, 5) is 19.5. The average Bonchev–Trinajstić information content (AvgIpc) is 2.70. The van der Waals surface area contributed by atoms with E-state index in [2.05, 4.69) is 9.97 Å². The monoisotopic (exact) mass is 261 g/mol. The standard InChI is InChI=1S/C10H10F3N3O2/c11-10(12,13)7-2-8(15-5-14-7)16-3-6(4-17)1-9(16)18/h2,5-6,17H,1,3-4H2. The van der Waals surface area contributed by atoms with E-state index in [1.807, 2.05) is 0 Å². The maximum atomic E-state index is 12.5. The van der Waals surface area contributed by atoms with Crippen molar-refractivity contribution >= 4 is 11.7 Å². The number of anilines is 1. The number of nitrogens with zero attached hydrogens (tertiary/aromatic N) is 3. The van der Waals surface area contributed by atoms with E-state index in [1.54, 1.807) is 0 Å². The molecule has 2 heterocycles.